The predicted octanol–water partition coefficient (Wildman–Crippen LogP) is 1.82. The van der Waals surface area contributed by atoms with Gasteiger partial charge in [-0.25, -0.2) is 0 Å². The van der Waals surface area contributed by atoms with Gasteiger partial charge in [0, 0.05) is 77.5 Å². The largest absolute Gasteiger partial charge is 0.300 e. The summed E-state index contributed by atoms with van der Waals surface area (Å²) >= 11 is 0. The molecule has 4 heteroatoms. The summed E-state index contributed by atoms with van der Waals surface area (Å²) in [5.74, 6) is 0. The van der Waals surface area contributed by atoms with Crippen LogP contribution in [0.5, 0.6) is 0 Å². The molecule has 0 amide bonds. The molecule has 2 heterocycles. The first-order valence-corrected chi connectivity index (χ1v) is 9.90. The van der Waals surface area contributed by atoms with Crippen LogP contribution in [0.25, 0.3) is 0 Å². The van der Waals surface area contributed by atoms with Crippen molar-refractivity contribution in [1.82, 2.24) is 19.6 Å². The molecule has 0 bridgehead atoms. The Kier molecular flexibility index (Phi) is 5.67. The third kappa shape index (κ3) is 4.68. The Balaban J connectivity index is 1.41. The van der Waals surface area contributed by atoms with E-state index in [-0.39, 0.29) is 0 Å². The van der Waals surface area contributed by atoms with Crippen molar-refractivity contribution in [2.24, 2.45) is 5.41 Å². The molecule has 0 aromatic carbocycles. The summed E-state index contributed by atoms with van der Waals surface area (Å²) in [6.07, 6.45) is 2.92. The van der Waals surface area contributed by atoms with Crippen LogP contribution in [-0.4, -0.2) is 97.1 Å². The molecule has 2 aliphatic heterocycles. The summed E-state index contributed by atoms with van der Waals surface area (Å²) < 4.78 is 0. The molecule has 0 unspecified atom stereocenters. The molecule has 1 saturated carbocycles. The molecule has 0 spiro atoms. The minimum atomic E-state index is 0.639. The molecule has 134 valence electrons. The molecule has 1 aliphatic carbocycles. The van der Waals surface area contributed by atoms with Crippen molar-refractivity contribution in [3.05, 3.63) is 0 Å². The summed E-state index contributed by atoms with van der Waals surface area (Å²) in [7, 11) is 0. The topological polar surface area (TPSA) is 13.0 Å². The highest BCUT2D eigenvalue weighted by Crippen LogP contribution is 2.47. The van der Waals surface area contributed by atoms with E-state index in [1.54, 1.807) is 0 Å². The fourth-order valence-corrected chi connectivity index (χ4v) is 4.37. The highest BCUT2D eigenvalue weighted by atomic mass is 15.3. The van der Waals surface area contributed by atoms with Crippen LogP contribution in [-0.2, 0) is 0 Å². The highest BCUT2D eigenvalue weighted by molar-refractivity contribution is 4.99. The van der Waals surface area contributed by atoms with Gasteiger partial charge in [0.15, 0.2) is 0 Å². The van der Waals surface area contributed by atoms with Crippen molar-refractivity contribution in [3.63, 3.8) is 0 Å². The number of piperazine rings is 2. The standard InChI is InChI=1S/C19H38N4/c1-17(2)22-11-7-20(8-12-22)15-19(5-6-19)16-21-9-13-23(14-10-21)18(3)4/h17-18H,5-16H2,1-4H3. The van der Waals surface area contributed by atoms with E-state index in [2.05, 4.69) is 47.3 Å². The van der Waals surface area contributed by atoms with Gasteiger partial charge in [-0.3, -0.25) is 9.80 Å². The van der Waals surface area contributed by atoms with Gasteiger partial charge in [-0.05, 0) is 46.0 Å². The van der Waals surface area contributed by atoms with Gasteiger partial charge in [0.1, 0.15) is 0 Å². The molecular weight excluding hydrogens is 284 g/mol. The molecule has 0 aromatic heterocycles. The van der Waals surface area contributed by atoms with Gasteiger partial charge in [-0.2, -0.15) is 0 Å². The van der Waals surface area contributed by atoms with Crippen LogP contribution in [0.2, 0.25) is 0 Å². The van der Waals surface area contributed by atoms with Crippen molar-refractivity contribution in [2.75, 3.05) is 65.4 Å². The minimum absolute atomic E-state index is 0.639. The van der Waals surface area contributed by atoms with Gasteiger partial charge in [-0.15, -0.1) is 0 Å². The lowest BCUT2D eigenvalue weighted by molar-refractivity contribution is 0.0645. The second-order valence-corrected chi connectivity index (χ2v) is 8.81. The number of hydrogen-bond donors (Lipinski definition) is 0. The van der Waals surface area contributed by atoms with Crippen LogP contribution < -0.4 is 0 Å². The molecular formula is C19H38N4. The van der Waals surface area contributed by atoms with E-state index in [0.29, 0.717) is 17.5 Å². The van der Waals surface area contributed by atoms with E-state index in [0.717, 1.165) is 0 Å². The van der Waals surface area contributed by atoms with E-state index in [9.17, 15) is 0 Å². The predicted molar refractivity (Wildman–Crippen MR) is 98.0 cm³/mol. The Hall–Kier alpha value is -0.160. The van der Waals surface area contributed by atoms with Crippen LogP contribution >= 0.6 is 0 Å². The van der Waals surface area contributed by atoms with E-state index >= 15 is 0 Å². The average molecular weight is 323 g/mol. The van der Waals surface area contributed by atoms with Crippen LogP contribution in [0.3, 0.4) is 0 Å². The summed E-state index contributed by atoms with van der Waals surface area (Å²) in [5.41, 5.74) is 0.639. The quantitative estimate of drug-likeness (QED) is 0.739. The SMILES string of the molecule is CC(C)N1CCN(CC2(CN3CCN(C(C)C)CC3)CC2)CC1. The van der Waals surface area contributed by atoms with Gasteiger partial charge >= 0.3 is 0 Å². The Morgan fingerprint density at radius 2 is 0.957 bits per heavy atom. The van der Waals surface area contributed by atoms with Crippen LogP contribution in [0.1, 0.15) is 40.5 Å². The van der Waals surface area contributed by atoms with E-state index < -0.39 is 0 Å². The molecule has 2 saturated heterocycles. The summed E-state index contributed by atoms with van der Waals surface area (Å²) in [4.78, 5) is 10.7. The molecule has 0 radical (unpaired) electrons. The number of rotatable bonds is 6. The molecule has 3 aliphatic rings. The van der Waals surface area contributed by atoms with Gasteiger partial charge in [-0.1, -0.05) is 0 Å². The third-order valence-corrected chi connectivity index (χ3v) is 6.35. The van der Waals surface area contributed by atoms with Gasteiger partial charge in [0.2, 0.25) is 0 Å². The second kappa shape index (κ2) is 7.38. The van der Waals surface area contributed by atoms with Crippen LogP contribution in [0.15, 0.2) is 0 Å². The first-order chi connectivity index (χ1) is 11.0. The Labute approximate surface area is 143 Å². The number of hydrogen-bond acceptors (Lipinski definition) is 4. The van der Waals surface area contributed by atoms with Crippen molar-refractivity contribution in [1.29, 1.82) is 0 Å². The maximum absolute atomic E-state index is 2.75. The van der Waals surface area contributed by atoms with Gasteiger partial charge in [0.05, 0.1) is 0 Å². The third-order valence-electron chi connectivity index (χ3n) is 6.35. The average Bonchev–Trinajstić information content (AvgIpc) is 3.27. The first kappa shape index (κ1) is 17.7. The summed E-state index contributed by atoms with van der Waals surface area (Å²) in [6.45, 7) is 22.2. The second-order valence-electron chi connectivity index (χ2n) is 8.81. The van der Waals surface area contributed by atoms with E-state index in [1.807, 2.05) is 0 Å². The zero-order valence-electron chi connectivity index (χ0n) is 15.9. The van der Waals surface area contributed by atoms with Crippen LogP contribution in [0, 0.1) is 5.41 Å². The normalized spacial score (nSPS) is 27.9. The fraction of sp³-hybridized carbons (Fsp3) is 1.00. The molecule has 23 heavy (non-hydrogen) atoms. The number of nitrogens with zero attached hydrogens (tertiary/aromatic N) is 4. The summed E-state index contributed by atoms with van der Waals surface area (Å²) in [6, 6.07) is 1.42. The lowest BCUT2D eigenvalue weighted by Gasteiger charge is -2.41. The summed E-state index contributed by atoms with van der Waals surface area (Å²) in [5, 5.41) is 0. The van der Waals surface area contributed by atoms with Crippen LogP contribution in [0.4, 0.5) is 0 Å². The molecule has 0 N–H and O–H groups in total. The molecule has 0 aromatic rings. The van der Waals surface area contributed by atoms with Crippen molar-refractivity contribution < 1.29 is 0 Å². The van der Waals surface area contributed by atoms with Gasteiger partial charge < -0.3 is 9.80 Å². The van der Waals surface area contributed by atoms with E-state index in [4.69, 9.17) is 0 Å². The van der Waals surface area contributed by atoms with Gasteiger partial charge in [0.25, 0.3) is 0 Å². The highest BCUT2D eigenvalue weighted by Gasteiger charge is 2.45. The molecule has 4 nitrogen and oxygen atoms in total. The maximum Gasteiger partial charge on any atom is 0.0113 e. The monoisotopic (exact) mass is 322 g/mol. The lowest BCUT2D eigenvalue weighted by Crippen LogP contribution is -2.53. The molecule has 0 atom stereocenters. The molecule has 3 rings (SSSR count). The zero-order valence-corrected chi connectivity index (χ0v) is 15.9. The minimum Gasteiger partial charge on any atom is -0.300 e. The lowest BCUT2D eigenvalue weighted by atomic mass is 10.0. The zero-order chi connectivity index (χ0) is 16.4. The van der Waals surface area contributed by atoms with E-state index in [1.165, 1.54) is 78.3 Å². The first-order valence-electron chi connectivity index (χ1n) is 9.90. The van der Waals surface area contributed by atoms with Crippen molar-refractivity contribution in [2.45, 2.75) is 52.6 Å². The smallest absolute Gasteiger partial charge is 0.0113 e. The Morgan fingerprint density at radius 1 is 0.609 bits per heavy atom. The Morgan fingerprint density at radius 3 is 1.22 bits per heavy atom. The maximum atomic E-state index is 2.75. The fourth-order valence-electron chi connectivity index (χ4n) is 4.37. The Bertz CT molecular complexity index is 330. The van der Waals surface area contributed by atoms with Crippen molar-refractivity contribution >= 4 is 0 Å². The van der Waals surface area contributed by atoms with Crippen molar-refractivity contribution in [3.8, 4) is 0 Å². The molecule has 3 fully saturated rings.